The molecular formula is C17H22ClF2N3O3. The molecule has 1 N–H and O–H groups in total. The van der Waals surface area contributed by atoms with Crippen LogP contribution in [0.25, 0.3) is 0 Å². The average molecular weight is 390 g/mol. The van der Waals surface area contributed by atoms with Crippen LogP contribution in [0, 0.1) is 11.6 Å². The Balaban J connectivity index is 0.00000243. The minimum Gasteiger partial charge on any atom is -0.378 e. The van der Waals surface area contributed by atoms with Crippen molar-refractivity contribution in [3.8, 4) is 0 Å². The van der Waals surface area contributed by atoms with Crippen molar-refractivity contribution in [2.45, 2.75) is 12.5 Å². The Morgan fingerprint density at radius 1 is 1.15 bits per heavy atom. The Bertz CT molecular complexity index is 648. The number of halogens is 3. The molecule has 1 aromatic rings. The molecule has 2 fully saturated rings. The zero-order valence-corrected chi connectivity index (χ0v) is 15.1. The molecule has 6 nitrogen and oxygen atoms in total. The third-order valence-electron chi connectivity index (χ3n) is 4.50. The van der Waals surface area contributed by atoms with Crippen LogP contribution in [0.4, 0.5) is 8.78 Å². The van der Waals surface area contributed by atoms with Gasteiger partial charge in [-0.25, -0.2) is 8.78 Å². The lowest BCUT2D eigenvalue weighted by molar-refractivity contribution is -0.133. The van der Waals surface area contributed by atoms with Gasteiger partial charge in [0.2, 0.25) is 5.91 Å². The first-order chi connectivity index (χ1) is 12.0. The number of carbonyl (C=O) groups excluding carboxylic acids is 2. The standard InChI is InChI=1S/C17H21F2N3O3.ClH/c18-12-1-2-14(15(19)9-12)17(24)22-6-4-21(5-7-22)16(23)10-13-11-25-8-3-20-13;/h1-2,9,13,20H,3-8,10-11H2;1H. The second kappa shape index (κ2) is 9.25. The third-order valence-corrected chi connectivity index (χ3v) is 4.50. The fourth-order valence-corrected chi connectivity index (χ4v) is 3.08. The molecule has 9 heteroatoms. The van der Waals surface area contributed by atoms with Gasteiger partial charge in [0.15, 0.2) is 0 Å². The molecule has 2 saturated heterocycles. The highest BCUT2D eigenvalue weighted by atomic mass is 35.5. The van der Waals surface area contributed by atoms with E-state index in [1.807, 2.05) is 0 Å². The minimum atomic E-state index is -0.869. The van der Waals surface area contributed by atoms with Crippen LogP contribution >= 0.6 is 12.4 Å². The minimum absolute atomic E-state index is 0. The number of amides is 2. The largest absolute Gasteiger partial charge is 0.378 e. The molecule has 0 radical (unpaired) electrons. The zero-order valence-electron chi connectivity index (χ0n) is 14.2. The fourth-order valence-electron chi connectivity index (χ4n) is 3.08. The summed E-state index contributed by atoms with van der Waals surface area (Å²) >= 11 is 0. The number of carbonyl (C=O) groups is 2. The second-order valence-corrected chi connectivity index (χ2v) is 6.23. The molecule has 2 aliphatic rings. The number of morpholine rings is 1. The van der Waals surface area contributed by atoms with Crippen LogP contribution in [0.1, 0.15) is 16.8 Å². The van der Waals surface area contributed by atoms with Gasteiger partial charge in [-0.05, 0) is 12.1 Å². The van der Waals surface area contributed by atoms with Crippen LogP contribution in [-0.2, 0) is 9.53 Å². The van der Waals surface area contributed by atoms with E-state index in [0.29, 0.717) is 51.9 Å². The molecule has 0 saturated carbocycles. The average Bonchev–Trinajstić information content (AvgIpc) is 2.62. The fraction of sp³-hybridized carbons (Fsp3) is 0.529. The van der Waals surface area contributed by atoms with Gasteiger partial charge in [-0.15, -0.1) is 12.4 Å². The summed E-state index contributed by atoms with van der Waals surface area (Å²) in [6, 6.07) is 2.94. The van der Waals surface area contributed by atoms with Crippen LogP contribution in [-0.4, -0.2) is 73.6 Å². The Morgan fingerprint density at radius 3 is 2.46 bits per heavy atom. The molecular weight excluding hydrogens is 368 g/mol. The summed E-state index contributed by atoms with van der Waals surface area (Å²) in [7, 11) is 0. The number of hydrogen-bond donors (Lipinski definition) is 1. The smallest absolute Gasteiger partial charge is 0.256 e. The summed E-state index contributed by atoms with van der Waals surface area (Å²) in [6.07, 6.45) is 0.362. The van der Waals surface area contributed by atoms with Crippen LogP contribution in [0.5, 0.6) is 0 Å². The lowest BCUT2D eigenvalue weighted by atomic mass is 10.1. The van der Waals surface area contributed by atoms with E-state index in [9.17, 15) is 18.4 Å². The number of piperazine rings is 1. The van der Waals surface area contributed by atoms with Crippen LogP contribution < -0.4 is 5.32 Å². The van der Waals surface area contributed by atoms with E-state index in [1.54, 1.807) is 4.90 Å². The summed E-state index contributed by atoms with van der Waals surface area (Å²) < 4.78 is 32.1. The van der Waals surface area contributed by atoms with Crippen molar-refractivity contribution in [2.24, 2.45) is 0 Å². The predicted molar refractivity (Wildman–Crippen MR) is 93.3 cm³/mol. The summed E-state index contributed by atoms with van der Waals surface area (Å²) in [6.45, 7) is 3.39. The lowest BCUT2D eigenvalue weighted by Crippen LogP contribution is -2.52. The van der Waals surface area contributed by atoms with E-state index in [4.69, 9.17) is 4.74 Å². The van der Waals surface area contributed by atoms with Gasteiger partial charge in [-0.3, -0.25) is 9.59 Å². The number of ether oxygens (including phenoxy) is 1. The lowest BCUT2D eigenvalue weighted by Gasteiger charge is -2.36. The van der Waals surface area contributed by atoms with E-state index in [1.165, 1.54) is 4.90 Å². The quantitative estimate of drug-likeness (QED) is 0.839. The van der Waals surface area contributed by atoms with Crippen molar-refractivity contribution in [3.05, 3.63) is 35.4 Å². The first-order valence-electron chi connectivity index (χ1n) is 8.38. The van der Waals surface area contributed by atoms with Gasteiger partial charge in [0.1, 0.15) is 11.6 Å². The van der Waals surface area contributed by atoms with E-state index in [2.05, 4.69) is 5.32 Å². The van der Waals surface area contributed by atoms with Crippen molar-refractivity contribution in [3.63, 3.8) is 0 Å². The van der Waals surface area contributed by atoms with Crippen LogP contribution in [0.15, 0.2) is 18.2 Å². The molecule has 144 valence electrons. The van der Waals surface area contributed by atoms with E-state index in [-0.39, 0.29) is 29.9 Å². The van der Waals surface area contributed by atoms with Gasteiger partial charge in [-0.2, -0.15) is 0 Å². The van der Waals surface area contributed by atoms with Gasteiger partial charge in [-0.1, -0.05) is 0 Å². The van der Waals surface area contributed by atoms with Gasteiger partial charge < -0.3 is 19.9 Å². The van der Waals surface area contributed by atoms with Gasteiger partial charge in [0, 0.05) is 51.3 Å². The summed E-state index contributed by atoms with van der Waals surface area (Å²) in [5.41, 5.74) is -0.148. The Kier molecular flexibility index (Phi) is 7.31. The predicted octanol–water partition coefficient (Wildman–Crippen LogP) is 1.05. The highest BCUT2D eigenvalue weighted by Gasteiger charge is 2.28. The van der Waals surface area contributed by atoms with E-state index < -0.39 is 17.5 Å². The first kappa shape index (κ1) is 20.5. The first-order valence-corrected chi connectivity index (χ1v) is 8.38. The van der Waals surface area contributed by atoms with Crippen molar-refractivity contribution in [1.82, 2.24) is 15.1 Å². The topological polar surface area (TPSA) is 61.9 Å². The highest BCUT2D eigenvalue weighted by Crippen LogP contribution is 2.15. The number of benzene rings is 1. The maximum Gasteiger partial charge on any atom is 0.256 e. The molecule has 2 aliphatic heterocycles. The molecule has 0 aromatic heterocycles. The summed E-state index contributed by atoms with van der Waals surface area (Å²) in [4.78, 5) is 27.9. The summed E-state index contributed by atoms with van der Waals surface area (Å²) in [5, 5.41) is 3.24. The van der Waals surface area contributed by atoms with E-state index in [0.717, 1.165) is 18.7 Å². The van der Waals surface area contributed by atoms with Crippen LogP contribution in [0.2, 0.25) is 0 Å². The number of nitrogens with one attached hydrogen (secondary N) is 1. The Hall–Kier alpha value is -1.77. The molecule has 0 bridgehead atoms. The Morgan fingerprint density at radius 2 is 1.85 bits per heavy atom. The molecule has 3 rings (SSSR count). The van der Waals surface area contributed by atoms with Crippen LogP contribution in [0.3, 0.4) is 0 Å². The molecule has 0 spiro atoms. The normalized spacial score (nSPS) is 20.5. The van der Waals surface area contributed by atoms with Gasteiger partial charge in [0.25, 0.3) is 5.91 Å². The van der Waals surface area contributed by atoms with Crippen molar-refractivity contribution < 1.29 is 23.1 Å². The summed E-state index contributed by atoms with van der Waals surface area (Å²) in [5.74, 6) is -2.05. The zero-order chi connectivity index (χ0) is 17.8. The third kappa shape index (κ3) is 4.90. The van der Waals surface area contributed by atoms with Crippen molar-refractivity contribution in [1.29, 1.82) is 0 Å². The molecule has 0 aliphatic carbocycles. The maximum atomic E-state index is 13.8. The molecule has 1 atom stereocenters. The Labute approximate surface area is 156 Å². The highest BCUT2D eigenvalue weighted by molar-refractivity contribution is 5.94. The monoisotopic (exact) mass is 389 g/mol. The molecule has 2 amide bonds. The molecule has 1 aromatic carbocycles. The van der Waals surface area contributed by atoms with Crippen molar-refractivity contribution in [2.75, 3.05) is 45.9 Å². The molecule has 26 heavy (non-hydrogen) atoms. The maximum absolute atomic E-state index is 13.8. The second-order valence-electron chi connectivity index (χ2n) is 6.23. The van der Waals surface area contributed by atoms with Gasteiger partial charge in [0.05, 0.1) is 18.8 Å². The van der Waals surface area contributed by atoms with Gasteiger partial charge >= 0.3 is 0 Å². The molecule has 1 unspecified atom stereocenters. The SMILES string of the molecule is Cl.O=C(CC1COCCN1)N1CCN(C(=O)c2ccc(F)cc2F)CC1. The van der Waals surface area contributed by atoms with E-state index >= 15 is 0 Å². The van der Waals surface area contributed by atoms with Crippen molar-refractivity contribution >= 4 is 24.2 Å². The number of hydrogen-bond acceptors (Lipinski definition) is 4. The number of rotatable bonds is 3. The number of nitrogens with zero attached hydrogens (tertiary/aromatic N) is 2. The molecule has 2 heterocycles.